The minimum atomic E-state index is -0.287. The number of nitrogens with one attached hydrogen (secondary N) is 2. The van der Waals surface area contributed by atoms with Gasteiger partial charge in [0.1, 0.15) is 5.82 Å². The van der Waals surface area contributed by atoms with Gasteiger partial charge < -0.3 is 20.1 Å². The summed E-state index contributed by atoms with van der Waals surface area (Å²) in [5.41, 5.74) is 0.859. The van der Waals surface area contributed by atoms with Crippen molar-refractivity contribution < 1.29 is 18.7 Å². The second-order valence-corrected chi connectivity index (χ2v) is 6.16. The smallest absolute Gasteiger partial charge is 0.315 e. The molecule has 0 saturated carbocycles. The van der Waals surface area contributed by atoms with Crippen LogP contribution in [0.4, 0.5) is 9.18 Å². The SMILES string of the molecule is O=C(NCC1CCOC1)NC(c1ccc(F)cc1)C1CCCO1. The number of halogens is 1. The molecule has 3 unspecified atom stereocenters. The fourth-order valence-electron chi connectivity index (χ4n) is 3.10. The first-order valence-corrected chi connectivity index (χ1v) is 8.21. The molecule has 0 spiro atoms. The van der Waals surface area contributed by atoms with Crippen molar-refractivity contribution in [3.8, 4) is 0 Å². The molecule has 0 radical (unpaired) electrons. The van der Waals surface area contributed by atoms with Crippen LogP contribution in [0.1, 0.15) is 30.9 Å². The maximum Gasteiger partial charge on any atom is 0.315 e. The van der Waals surface area contributed by atoms with Crippen LogP contribution in [-0.4, -0.2) is 38.5 Å². The number of benzene rings is 1. The molecule has 1 aromatic carbocycles. The molecule has 3 atom stereocenters. The maximum atomic E-state index is 13.1. The summed E-state index contributed by atoms with van der Waals surface area (Å²) in [5.74, 6) is 0.0956. The van der Waals surface area contributed by atoms with Crippen LogP contribution in [-0.2, 0) is 9.47 Å². The van der Waals surface area contributed by atoms with Crippen LogP contribution in [0.5, 0.6) is 0 Å². The van der Waals surface area contributed by atoms with Crippen molar-refractivity contribution in [1.29, 1.82) is 0 Å². The summed E-state index contributed by atoms with van der Waals surface area (Å²) in [7, 11) is 0. The third-order valence-electron chi connectivity index (χ3n) is 4.43. The van der Waals surface area contributed by atoms with Gasteiger partial charge in [-0.3, -0.25) is 0 Å². The standard InChI is InChI=1S/C17H23FN2O3/c18-14-5-3-13(4-6-14)16(15-2-1-8-23-15)20-17(21)19-10-12-7-9-22-11-12/h3-6,12,15-16H,1-2,7-11H2,(H2,19,20,21). The molecular weight excluding hydrogens is 299 g/mol. The predicted molar refractivity (Wildman–Crippen MR) is 83.6 cm³/mol. The van der Waals surface area contributed by atoms with E-state index in [1.807, 2.05) is 0 Å². The molecule has 2 N–H and O–H groups in total. The summed E-state index contributed by atoms with van der Waals surface area (Å²) in [6.45, 7) is 2.77. The number of ether oxygens (including phenoxy) is 2. The Labute approximate surface area is 135 Å². The summed E-state index contributed by atoms with van der Waals surface area (Å²) in [5, 5.41) is 5.88. The molecule has 126 valence electrons. The normalized spacial score (nSPS) is 25.3. The molecule has 0 aliphatic carbocycles. The van der Waals surface area contributed by atoms with Gasteiger partial charge in [-0.2, -0.15) is 0 Å². The fourth-order valence-corrected chi connectivity index (χ4v) is 3.10. The third-order valence-corrected chi connectivity index (χ3v) is 4.43. The van der Waals surface area contributed by atoms with Crippen molar-refractivity contribution >= 4 is 6.03 Å². The first-order chi connectivity index (χ1) is 11.2. The highest BCUT2D eigenvalue weighted by atomic mass is 19.1. The van der Waals surface area contributed by atoms with Crippen molar-refractivity contribution in [2.45, 2.75) is 31.4 Å². The molecule has 6 heteroatoms. The van der Waals surface area contributed by atoms with E-state index >= 15 is 0 Å². The Bertz CT molecular complexity index is 511. The maximum absolute atomic E-state index is 13.1. The summed E-state index contributed by atoms with van der Waals surface area (Å²) in [6, 6.07) is 5.73. The molecule has 2 heterocycles. The van der Waals surface area contributed by atoms with Gasteiger partial charge in [0, 0.05) is 25.7 Å². The van der Waals surface area contributed by atoms with Crippen molar-refractivity contribution in [2.24, 2.45) is 5.92 Å². The third kappa shape index (κ3) is 4.42. The van der Waals surface area contributed by atoms with Crippen molar-refractivity contribution in [3.05, 3.63) is 35.6 Å². The monoisotopic (exact) mass is 322 g/mol. The highest BCUT2D eigenvalue weighted by molar-refractivity contribution is 5.74. The highest BCUT2D eigenvalue weighted by Crippen LogP contribution is 2.27. The number of hydrogen-bond acceptors (Lipinski definition) is 3. The molecule has 0 bridgehead atoms. The van der Waals surface area contributed by atoms with Gasteiger partial charge in [0.2, 0.25) is 0 Å². The Balaban J connectivity index is 1.60. The van der Waals surface area contributed by atoms with Gasteiger partial charge in [-0.25, -0.2) is 9.18 Å². The average molecular weight is 322 g/mol. The van der Waals surface area contributed by atoms with Crippen LogP contribution >= 0.6 is 0 Å². The Morgan fingerprint density at radius 2 is 2.09 bits per heavy atom. The zero-order valence-electron chi connectivity index (χ0n) is 13.1. The predicted octanol–water partition coefficient (Wildman–Crippen LogP) is 2.38. The van der Waals surface area contributed by atoms with Crippen molar-refractivity contribution in [2.75, 3.05) is 26.4 Å². The van der Waals surface area contributed by atoms with Crippen LogP contribution in [0, 0.1) is 11.7 Å². The van der Waals surface area contributed by atoms with Gasteiger partial charge in [-0.1, -0.05) is 12.1 Å². The van der Waals surface area contributed by atoms with E-state index in [-0.39, 0.29) is 24.0 Å². The highest BCUT2D eigenvalue weighted by Gasteiger charge is 2.29. The van der Waals surface area contributed by atoms with E-state index in [2.05, 4.69) is 10.6 Å². The largest absolute Gasteiger partial charge is 0.381 e. The van der Waals surface area contributed by atoms with Crippen molar-refractivity contribution in [1.82, 2.24) is 10.6 Å². The second kappa shape index (κ2) is 7.75. The summed E-state index contributed by atoms with van der Waals surface area (Å²) in [4.78, 5) is 12.2. The number of carbonyl (C=O) groups is 1. The van der Waals surface area contributed by atoms with Crippen molar-refractivity contribution in [3.63, 3.8) is 0 Å². The number of hydrogen-bond donors (Lipinski definition) is 2. The molecule has 3 rings (SSSR count). The zero-order chi connectivity index (χ0) is 16.1. The molecule has 0 aromatic heterocycles. The fraction of sp³-hybridized carbons (Fsp3) is 0.588. The van der Waals surface area contributed by atoms with Gasteiger partial charge in [-0.15, -0.1) is 0 Å². The lowest BCUT2D eigenvalue weighted by Crippen LogP contribution is -2.43. The van der Waals surface area contributed by atoms with E-state index in [4.69, 9.17) is 9.47 Å². The van der Waals surface area contributed by atoms with Gasteiger partial charge in [0.05, 0.1) is 18.8 Å². The van der Waals surface area contributed by atoms with E-state index in [0.29, 0.717) is 25.7 Å². The van der Waals surface area contributed by atoms with Crippen LogP contribution in [0.3, 0.4) is 0 Å². The zero-order valence-corrected chi connectivity index (χ0v) is 13.1. The molecular formula is C17H23FN2O3. The van der Waals surface area contributed by atoms with Gasteiger partial charge in [0.15, 0.2) is 0 Å². The minimum absolute atomic E-state index is 0.0685. The molecule has 2 saturated heterocycles. The Hall–Kier alpha value is -1.66. The Kier molecular flexibility index (Phi) is 5.46. The lowest BCUT2D eigenvalue weighted by Gasteiger charge is -2.25. The second-order valence-electron chi connectivity index (χ2n) is 6.16. The van der Waals surface area contributed by atoms with E-state index in [9.17, 15) is 9.18 Å². The van der Waals surface area contributed by atoms with Crippen LogP contribution in [0.2, 0.25) is 0 Å². The van der Waals surface area contributed by atoms with E-state index in [0.717, 1.165) is 31.4 Å². The summed E-state index contributed by atoms with van der Waals surface area (Å²) >= 11 is 0. The van der Waals surface area contributed by atoms with Crippen LogP contribution in [0.25, 0.3) is 0 Å². The summed E-state index contributed by atoms with van der Waals surface area (Å²) in [6.07, 6.45) is 2.78. The number of amides is 2. The number of rotatable bonds is 5. The molecule has 2 amide bonds. The van der Waals surface area contributed by atoms with Gasteiger partial charge in [-0.05, 0) is 37.0 Å². The topological polar surface area (TPSA) is 59.6 Å². The first kappa shape index (κ1) is 16.2. The molecule has 2 aliphatic rings. The van der Waals surface area contributed by atoms with Gasteiger partial charge in [0.25, 0.3) is 0 Å². The van der Waals surface area contributed by atoms with E-state index < -0.39 is 0 Å². The van der Waals surface area contributed by atoms with Crippen LogP contribution in [0.15, 0.2) is 24.3 Å². The quantitative estimate of drug-likeness (QED) is 0.875. The Morgan fingerprint density at radius 1 is 1.26 bits per heavy atom. The molecule has 1 aromatic rings. The van der Waals surface area contributed by atoms with E-state index in [1.165, 1.54) is 12.1 Å². The minimum Gasteiger partial charge on any atom is -0.381 e. The molecule has 2 aliphatic heterocycles. The number of urea groups is 1. The average Bonchev–Trinajstić information content (AvgIpc) is 3.25. The lowest BCUT2D eigenvalue weighted by molar-refractivity contribution is 0.0806. The molecule has 5 nitrogen and oxygen atoms in total. The van der Waals surface area contributed by atoms with E-state index in [1.54, 1.807) is 12.1 Å². The lowest BCUT2D eigenvalue weighted by atomic mass is 9.99. The molecule has 23 heavy (non-hydrogen) atoms. The van der Waals surface area contributed by atoms with Crippen LogP contribution < -0.4 is 10.6 Å². The first-order valence-electron chi connectivity index (χ1n) is 8.21. The number of carbonyl (C=O) groups excluding carboxylic acids is 1. The summed E-state index contributed by atoms with van der Waals surface area (Å²) < 4.78 is 24.2. The molecule has 2 fully saturated rings. The van der Waals surface area contributed by atoms with Gasteiger partial charge >= 0.3 is 6.03 Å². The Morgan fingerprint density at radius 3 is 2.74 bits per heavy atom.